The van der Waals surface area contributed by atoms with Crippen LogP contribution in [0.2, 0.25) is 0 Å². The molecule has 1 aromatic rings. The van der Waals surface area contributed by atoms with E-state index in [1.54, 1.807) is 0 Å². The first-order valence-corrected chi connectivity index (χ1v) is 5.95. The third-order valence-electron chi connectivity index (χ3n) is 3.50. The number of carbonyl (C=O) groups excluding carboxylic acids is 1. The Labute approximate surface area is 96.6 Å². The highest BCUT2D eigenvalue weighted by Crippen LogP contribution is 2.38. The minimum absolute atomic E-state index is 0.0476. The van der Waals surface area contributed by atoms with Gasteiger partial charge >= 0.3 is 5.97 Å². The number of hydrogen-bond donors (Lipinski definition) is 0. The predicted octanol–water partition coefficient (Wildman–Crippen LogP) is 3.13. The van der Waals surface area contributed by atoms with Crippen LogP contribution in [0.1, 0.15) is 37.2 Å². The van der Waals surface area contributed by atoms with Crippen LogP contribution in [0.4, 0.5) is 0 Å². The first-order valence-electron chi connectivity index (χ1n) is 5.95. The zero-order valence-corrected chi connectivity index (χ0v) is 9.69. The van der Waals surface area contributed by atoms with Crippen LogP contribution in [0, 0.1) is 5.92 Å². The SMILES string of the molecule is COC(=O)[C@@H]1CCCC[C@@H]1c1ccccc1. The Kier molecular flexibility index (Phi) is 3.60. The molecule has 0 aromatic heterocycles. The molecule has 2 nitrogen and oxygen atoms in total. The molecule has 1 aliphatic rings. The average Bonchev–Trinajstić information content (AvgIpc) is 2.39. The van der Waals surface area contributed by atoms with E-state index in [2.05, 4.69) is 12.1 Å². The lowest BCUT2D eigenvalue weighted by Gasteiger charge is -2.29. The molecule has 1 aromatic carbocycles. The van der Waals surface area contributed by atoms with Gasteiger partial charge in [0.05, 0.1) is 13.0 Å². The number of benzene rings is 1. The second-order valence-electron chi connectivity index (χ2n) is 4.43. The molecule has 0 N–H and O–H groups in total. The number of hydrogen-bond acceptors (Lipinski definition) is 2. The van der Waals surface area contributed by atoms with Crippen LogP contribution in [-0.2, 0) is 9.53 Å². The first-order chi connectivity index (χ1) is 7.83. The Balaban J connectivity index is 2.20. The zero-order valence-electron chi connectivity index (χ0n) is 9.69. The molecule has 1 aliphatic carbocycles. The van der Waals surface area contributed by atoms with Gasteiger partial charge in [0, 0.05) is 0 Å². The van der Waals surface area contributed by atoms with Crippen molar-refractivity contribution in [1.82, 2.24) is 0 Å². The first kappa shape index (κ1) is 11.2. The van der Waals surface area contributed by atoms with Crippen LogP contribution in [0.15, 0.2) is 30.3 Å². The highest BCUT2D eigenvalue weighted by molar-refractivity contribution is 5.73. The molecule has 86 valence electrons. The van der Waals surface area contributed by atoms with Crippen molar-refractivity contribution in [3.8, 4) is 0 Å². The number of ether oxygens (including phenoxy) is 1. The highest BCUT2D eigenvalue weighted by Gasteiger charge is 2.32. The van der Waals surface area contributed by atoms with E-state index in [9.17, 15) is 4.79 Å². The van der Waals surface area contributed by atoms with Gasteiger partial charge in [0.2, 0.25) is 0 Å². The quantitative estimate of drug-likeness (QED) is 0.713. The molecular weight excluding hydrogens is 200 g/mol. The zero-order chi connectivity index (χ0) is 11.4. The number of rotatable bonds is 2. The Hall–Kier alpha value is -1.31. The summed E-state index contributed by atoms with van der Waals surface area (Å²) in [5, 5.41) is 0. The lowest BCUT2D eigenvalue weighted by atomic mass is 9.75. The van der Waals surface area contributed by atoms with E-state index in [1.165, 1.54) is 19.1 Å². The second kappa shape index (κ2) is 5.15. The van der Waals surface area contributed by atoms with Gasteiger partial charge in [-0.3, -0.25) is 4.79 Å². The van der Waals surface area contributed by atoms with Crippen molar-refractivity contribution in [2.45, 2.75) is 31.6 Å². The van der Waals surface area contributed by atoms with Gasteiger partial charge in [-0.05, 0) is 24.3 Å². The predicted molar refractivity (Wildman–Crippen MR) is 63.2 cm³/mol. The van der Waals surface area contributed by atoms with Gasteiger partial charge in [-0.15, -0.1) is 0 Å². The standard InChI is InChI=1S/C14H18O2/c1-16-14(15)13-10-6-5-9-12(13)11-7-3-2-4-8-11/h2-4,7-8,12-13H,5-6,9-10H2,1H3/t12-,13-/m1/s1. The summed E-state index contributed by atoms with van der Waals surface area (Å²) in [6, 6.07) is 10.3. The lowest BCUT2D eigenvalue weighted by Crippen LogP contribution is -2.26. The third kappa shape index (κ3) is 2.26. The van der Waals surface area contributed by atoms with Crippen LogP contribution < -0.4 is 0 Å². The van der Waals surface area contributed by atoms with Crippen molar-refractivity contribution in [1.29, 1.82) is 0 Å². The van der Waals surface area contributed by atoms with E-state index in [4.69, 9.17) is 4.74 Å². The maximum Gasteiger partial charge on any atom is 0.309 e. The molecule has 0 saturated heterocycles. The summed E-state index contributed by atoms with van der Waals surface area (Å²) in [5.41, 5.74) is 1.28. The topological polar surface area (TPSA) is 26.3 Å². The summed E-state index contributed by atoms with van der Waals surface area (Å²) < 4.78 is 4.90. The van der Waals surface area contributed by atoms with Crippen molar-refractivity contribution in [3.63, 3.8) is 0 Å². The summed E-state index contributed by atoms with van der Waals surface area (Å²) >= 11 is 0. The van der Waals surface area contributed by atoms with Gasteiger partial charge in [-0.2, -0.15) is 0 Å². The van der Waals surface area contributed by atoms with Crippen molar-refractivity contribution in [2.24, 2.45) is 5.92 Å². The smallest absolute Gasteiger partial charge is 0.309 e. The molecule has 0 radical (unpaired) electrons. The van der Waals surface area contributed by atoms with E-state index >= 15 is 0 Å². The fraction of sp³-hybridized carbons (Fsp3) is 0.500. The van der Waals surface area contributed by atoms with Crippen molar-refractivity contribution >= 4 is 5.97 Å². The summed E-state index contributed by atoms with van der Waals surface area (Å²) in [7, 11) is 1.49. The minimum Gasteiger partial charge on any atom is -0.469 e. The van der Waals surface area contributed by atoms with Crippen molar-refractivity contribution < 1.29 is 9.53 Å². The molecule has 0 aliphatic heterocycles. The molecule has 1 saturated carbocycles. The van der Waals surface area contributed by atoms with Crippen molar-refractivity contribution in [2.75, 3.05) is 7.11 Å². The minimum atomic E-state index is -0.0476. The monoisotopic (exact) mass is 218 g/mol. The van der Waals surface area contributed by atoms with Gasteiger partial charge < -0.3 is 4.74 Å². The van der Waals surface area contributed by atoms with Crippen LogP contribution in [0.25, 0.3) is 0 Å². The van der Waals surface area contributed by atoms with E-state index < -0.39 is 0 Å². The van der Waals surface area contributed by atoms with Crippen molar-refractivity contribution in [3.05, 3.63) is 35.9 Å². The fourth-order valence-corrected chi connectivity index (χ4v) is 2.66. The maximum atomic E-state index is 11.7. The van der Waals surface area contributed by atoms with Gasteiger partial charge in [0.25, 0.3) is 0 Å². The van der Waals surface area contributed by atoms with Gasteiger partial charge in [0.1, 0.15) is 0 Å². The molecule has 0 amide bonds. The molecule has 2 rings (SSSR count). The maximum absolute atomic E-state index is 11.7. The van der Waals surface area contributed by atoms with Gasteiger partial charge in [-0.1, -0.05) is 43.2 Å². The van der Waals surface area contributed by atoms with Crippen LogP contribution in [-0.4, -0.2) is 13.1 Å². The van der Waals surface area contributed by atoms with Gasteiger partial charge in [-0.25, -0.2) is 0 Å². The highest BCUT2D eigenvalue weighted by atomic mass is 16.5. The summed E-state index contributed by atoms with van der Waals surface area (Å²) in [6.45, 7) is 0. The lowest BCUT2D eigenvalue weighted by molar-refractivity contribution is -0.147. The average molecular weight is 218 g/mol. The van der Waals surface area contributed by atoms with Gasteiger partial charge in [0.15, 0.2) is 0 Å². The normalized spacial score (nSPS) is 25.1. The fourth-order valence-electron chi connectivity index (χ4n) is 2.66. The molecule has 0 heterocycles. The molecule has 16 heavy (non-hydrogen) atoms. The Bertz CT molecular complexity index is 345. The summed E-state index contributed by atoms with van der Waals surface area (Å²) in [6.07, 6.45) is 4.42. The number of carbonyl (C=O) groups is 1. The summed E-state index contributed by atoms with van der Waals surface area (Å²) in [4.78, 5) is 11.7. The van der Waals surface area contributed by atoms with Crippen LogP contribution in [0.3, 0.4) is 0 Å². The third-order valence-corrected chi connectivity index (χ3v) is 3.50. The Morgan fingerprint density at radius 2 is 1.88 bits per heavy atom. The molecule has 0 unspecified atom stereocenters. The number of esters is 1. The van der Waals surface area contributed by atoms with E-state index in [0.29, 0.717) is 5.92 Å². The molecule has 1 fully saturated rings. The summed E-state index contributed by atoms with van der Waals surface area (Å²) in [5.74, 6) is 0.358. The number of methoxy groups -OCH3 is 1. The largest absolute Gasteiger partial charge is 0.469 e. The molecule has 2 heteroatoms. The molecule has 2 atom stereocenters. The van der Waals surface area contributed by atoms with E-state index in [1.807, 2.05) is 18.2 Å². The van der Waals surface area contributed by atoms with E-state index in [-0.39, 0.29) is 11.9 Å². The molecular formula is C14H18O2. The van der Waals surface area contributed by atoms with E-state index in [0.717, 1.165) is 19.3 Å². The molecule has 0 spiro atoms. The van der Waals surface area contributed by atoms with Crippen LogP contribution in [0.5, 0.6) is 0 Å². The Morgan fingerprint density at radius 1 is 1.19 bits per heavy atom. The second-order valence-corrected chi connectivity index (χ2v) is 4.43. The Morgan fingerprint density at radius 3 is 2.56 bits per heavy atom. The molecule has 0 bridgehead atoms. The van der Waals surface area contributed by atoms with Crippen LogP contribution >= 0.6 is 0 Å².